The summed E-state index contributed by atoms with van der Waals surface area (Å²) in [5, 5.41) is 2.07. The minimum absolute atomic E-state index is 0.0418. The van der Waals surface area contributed by atoms with E-state index in [4.69, 9.17) is 11.6 Å². The van der Waals surface area contributed by atoms with Gasteiger partial charge in [-0.1, -0.05) is 29.9 Å². The van der Waals surface area contributed by atoms with Gasteiger partial charge in [-0.05, 0) is 18.4 Å². The van der Waals surface area contributed by atoms with E-state index in [1.165, 1.54) is 11.3 Å². The number of aromatic nitrogens is 2. The van der Waals surface area contributed by atoms with E-state index in [-0.39, 0.29) is 11.2 Å². The molecule has 2 rings (SSSR count). The van der Waals surface area contributed by atoms with Crippen LogP contribution < -0.4 is 4.90 Å². The van der Waals surface area contributed by atoms with Crippen LogP contribution in [0.15, 0.2) is 24.5 Å². The number of pyridine rings is 1. The molecule has 0 spiro atoms. The standard InChI is InChI=1S/C14H16ClN3OS2/c1-9(20-3)7-11(19)18(2)14-12(15)17-13(21-14)10-5-4-6-16-8-10/h4-6,8-9H,7H2,1-3H3. The van der Waals surface area contributed by atoms with Crippen LogP contribution in [0.4, 0.5) is 5.00 Å². The molecule has 0 aromatic carbocycles. The van der Waals surface area contributed by atoms with Crippen LogP contribution in [0, 0.1) is 0 Å². The number of amides is 1. The Kier molecular flexibility index (Phi) is 5.61. The molecule has 0 N–H and O–H groups in total. The van der Waals surface area contributed by atoms with Crippen molar-refractivity contribution in [3.63, 3.8) is 0 Å². The van der Waals surface area contributed by atoms with Gasteiger partial charge in [-0.2, -0.15) is 11.8 Å². The van der Waals surface area contributed by atoms with Crippen LogP contribution in [-0.2, 0) is 4.79 Å². The lowest BCUT2D eigenvalue weighted by molar-refractivity contribution is -0.118. The summed E-state index contributed by atoms with van der Waals surface area (Å²) in [5.74, 6) is 0.0418. The summed E-state index contributed by atoms with van der Waals surface area (Å²) in [6, 6.07) is 3.77. The molecule has 0 aliphatic carbocycles. The van der Waals surface area contributed by atoms with Crippen LogP contribution >= 0.6 is 34.7 Å². The van der Waals surface area contributed by atoms with Gasteiger partial charge in [-0.25, -0.2) is 4.98 Å². The van der Waals surface area contributed by atoms with Crippen LogP contribution in [0.2, 0.25) is 5.15 Å². The molecule has 0 fully saturated rings. The van der Waals surface area contributed by atoms with Gasteiger partial charge in [0.15, 0.2) is 5.15 Å². The van der Waals surface area contributed by atoms with E-state index in [2.05, 4.69) is 9.97 Å². The van der Waals surface area contributed by atoms with Gasteiger partial charge < -0.3 is 4.90 Å². The van der Waals surface area contributed by atoms with E-state index in [0.717, 1.165) is 10.6 Å². The molecule has 0 bridgehead atoms. The van der Waals surface area contributed by atoms with Crippen LogP contribution in [-0.4, -0.2) is 34.4 Å². The first kappa shape index (κ1) is 16.3. The second-order valence-electron chi connectivity index (χ2n) is 4.56. The Balaban J connectivity index is 2.21. The summed E-state index contributed by atoms with van der Waals surface area (Å²) in [4.78, 5) is 22.2. The van der Waals surface area contributed by atoms with E-state index < -0.39 is 0 Å². The zero-order chi connectivity index (χ0) is 15.4. The third kappa shape index (κ3) is 3.96. The largest absolute Gasteiger partial charge is 0.304 e. The van der Waals surface area contributed by atoms with Gasteiger partial charge in [0.1, 0.15) is 10.0 Å². The highest BCUT2D eigenvalue weighted by molar-refractivity contribution is 7.99. The molecule has 7 heteroatoms. The predicted octanol–water partition coefficient (Wildman–Crippen LogP) is 3.96. The molecule has 2 heterocycles. The fourth-order valence-corrected chi connectivity index (χ4v) is 3.31. The van der Waals surface area contributed by atoms with Crippen molar-refractivity contribution in [1.82, 2.24) is 9.97 Å². The molecule has 0 aliphatic rings. The van der Waals surface area contributed by atoms with Gasteiger partial charge in [0, 0.05) is 36.7 Å². The molecular formula is C14H16ClN3OS2. The predicted molar refractivity (Wildman–Crippen MR) is 91.4 cm³/mol. The SMILES string of the molecule is CSC(C)CC(=O)N(C)c1sc(-c2cccnc2)nc1Cl. The topological polar surface area (TPSA) is 46.1 Å². The van der Waals surface area contributed by atoms with Gasteiger partial charge >= 0.3 is 0 Å². The molecular weight excluding hydrogens is 326 g/mol. The Morgan fingerprint density at radius 3 is 2.95 bits per heavy atom. The van der Waals surface area contributed by atoms with Crippen molar-refractivity contribution in [1.29, 1.82) is 0 Å². The summed E-state index contributed by atoms with van der Waals surface area (Å²) >= 11 is 9.25. The summed E-state index contributed by atoms with van der Waals surface area (Å²) in [6.45, 7) is 2.03. The number of hydrogen-bond donors (Lipinski definition) is 0. The zero-order valence-corrected chi connectivity index (χ0v) is 14.4. The first-order chi connectivity index (χ1) is 10.0. The van der Waals surface area contributed by atoms with E-state index >= 15 is 0 Å². The third-order valence-corrected chi connectivity index (χ3v) is 5.55. The summed E-state index contributed by atoms with van der Waals surface area (Å²) in [7, 11) is 1.74. The summed E-state index contributed by atoms with van der Waals surface area (Å²) < 4.78 is 0. The minimum Gasteiger partial charge on any atom is -0.304 e. The number of thiazole rings is 1. The number of thioether (sulfide) groups is 1. The van der Waals surface area contributed by atoms with Crippen molar-refractivity contribution in [2.75, 3.05) is 18.2 Å². The van der Waals surface area contributed by atoms with Gasteiger partial charge in [0.05, 0.1) is 0 Å². The Labute approximate surface area is 137 Å². The van der Waals surface area contributed by atoms with Crippen LogP contribution in [0.3, 0.4) is 0 Å². The smallest absolute Gasteiger partial charge is 0.228 e. The second-order valence-corrected chi connectivity index (χ2v) is 7.17. The molecule has 2 aromatic heterocycles. The van der Waals surface area contributed by atoms with Crippen molar-refractivity contribution in [3.8, 4) is 10.6 Å². The number of hydrogen-bond acceptors (Lipinski definition) is 5. The fraction of sp³-hybridized carbons (Fsp3) is 0.357. The second kappa shape index (κ2) is 7.24. The van der Waals surface area contributed by atoms with E-state index in [1.54, 1.807) is 36.1 Å². The molecule has 0 radical (unpaired) electrons. The van der Waals surface area contributed by atoms with Gasteiger partial charge in [0.2, 0.25) is 5.91 Å². The zero-order valence-electron chi connectivity index (χ0n) is 12.0. The van der Waals surface area contributed by atoms with Crippen molar-refractivity contribution in [3.05, 3.63) is 29.7 Å². The first-order valence-corrected chi connectivity index (χ1v) is 8.87. The summed E-state index contributed by atoms with van der Waals surface area (Å²) in [5.41, 5.74) is 0.897. The average molecular weight is 342 g/mol. The Bertz CT molecular complexity index is 618. The third-order valence-electron chi connectivity index (χ3n) is 3.02. The van der Waals surface area contributed by atoms with Crippen LogP contribution in [0.1, 0.15) is 13.3 Å². The Morgan fingerprint density at radius 1 is 1.57 bits per heavy atom. The molecule has 0 saturated carbocycles. The molecule has 2 aromatic rings. The highest BCUT2D eigenvalue weighted by Crippen LogP contribution is 2.37. The van der Waals surface area contributed by atoms with Crippen molar-refractivity contribution in [2.45, 2.75) is 18.6 Å². The van der Waals surface area contributed by atoms with Crippen molar-refractivity contribution in [2.24, 2.45) is 0 Å². The lowest BCUT2D eigenvalue weighted by atomic mass is 10.3. The van der Waals surface area contributed by atoms with Crippen molar-refractivity contribution >= 4 is 45.6 Å². The van der Waals surface area contributed by atoms with Crippen LogP contribution in [0.25, 0.3) is 10.6 Å². The fourth-order valence-electron chi connectivity index (χ4n) is 1.69. The number of anilines is 1. The quantitative estimate of drug-likeness (QED) is 0.825. The summed E-state index contributed by atoms with van der Waals surface area (Å²) in [6.07, 6.45) is 5.92. The Hall–Kier alpha value is -1.11. The molecule has 1 atom stereocenters. The van der Waals surface area contributed by atoms with Crippen LogP contribution in [0.5, 0.6) is 0 Å². The molecule has 1 amide bonds. The number of carbonyl (C=O) groups is 1. The maximum atomic E-state index is 12.2. The maximum Gasteiger partial charge on any atom is 0.228 e. The number of rotatable bonds is 5. The van der Waals surface area contributed by atoms with E-state index in [0.29, 0.717) is 16.6 Å². The van der Waals surface area contributed by atoms with Gasteiger partial charge in [-0.3, -0.25) is 9.78 Å². The average Bonchev–Trinajstić information content (AvgIpc) is 2.89. The molecule has 1 unspecified atom stereocenters. The maximum absolute atomic E-state index is 12.2. The monoisotopic (exact) mass is 341 g/mol. The molecule has 0 saturated heterocycles. The normalized spacial score (nSPS) is 12.2. The highest BCUT2D eigenvalue weighted by Gasteiger charge is 2.20. The van der Waals surface area contributed by atoms with E-state index in [1.807, 2.05) is 25.3 Å². The van der Waals surface area contributed by atoms with Crippen molar-refractivity contribution < 1.29 is 4.79 Å². The number of halogens is 1. The molecule has 4 nitrogen and oxygen atoms in total. The lowest BCUT2D eigenvalue weighted by Gasteiger charge is -2.17. The first-order valence-electron chi connectivity index (χ1n) is 6.39. The number of nitrogens with zero attached hydrogens (tertiary/aromatic N) is 3. The highest BCUT2D eigenvalue weighted by atomic mass is 35.5. The Morgan fingerprint density at radius 2 is 2.33 bits per heavy atom. The van der Waals surface area contributed by atoms with E-state index in [9.17, 15) is 4.79 Å². The van der Waals surface area contributed by atoms with Gasteiger partial charge in [-0.15, -0.1) is 0 Å². The molecule has 21 heavy (non-hydrogen) atoms. The molecule has 112 valence electrons. The molecule has 0 aliphatic heterocycles. The lowest BCUT2D eigenvalue weighted by Crippen LogP contribution is -2.27. The van der Waals surface area contributed by atoms with Gasteiger partial charge in [0.25, 0.3) is 0 Å². The minimum atomic E-state index is 0.0418. The number of carbonyl (C=O) groups excluding carboxylic acids is 1.